The zero-order chi connectivity index (χ0) is 28.4. The highest BCUT2D eigenvalue weighted by atomic mass is 28.3. The molecule has 4 heteroatoms. The van der Waals surface area contributed by atoms with E-state index in [1.165, 1.54) is 15.6 Å². The molecule has 42 heavy (non-hydrogen) atoms. The molecule has 1 N–H and O–H groups in total. The minimum Gasteiger partial charge on any atom is -0.507 e. The highest BCUT2D eigenvalue weighted by molar-refractivity contribution is 7.20. The van der Waals surface area contributed by atoms with Crippen molar-refractivity contribution in [3.63, 3.8) is 0 Å². The van der Waals surface area contributed by atoms with Crippen LogP contribution in [0.3, 0.4) is 0 Å². The first-order valence-electron chi connectivity index (χ1n) is 14.1. The van der Waals surface area contributed by atoms with Crippen molar-refractivity contribution in [2.24, 2.45) is 4.99 Å². The van der Waals surface area contributed by atoms with Crippen LogP contribution >= 0.6 is 0 Å². The summed E-state index contributed by atoms with van der Waals surface area (Å²) in [5, 5.41) is 20.0. The molecule has 0 saturated carbocycles. The second-order valence-corrected chi connectivity index (χ2v) is 14.1. The van der Waals surface area contributed by atoms with Crippen molar-refractivity contribution in [2.45, 2.75) is 0 Å². The van der Waals surface area contributed by atoms with Gasteiger partial charge in [-0.3, -0.25) is 9.98 Å². The Labute approximate surface area is 246 Å². The van der Waals surface area contributed by atoms with Gasteiger partial charge in [-0.25, -0.2) is 0 Å². The van der Waals surface area contributed by atoms with Crippen molar-refractivity contribution in [1.29, 1.82) is 0 Å². The number of phenols is 1. The van der Waals surface area contributed by atoms with E-state index in [-0.39, 0.29) is 5.75 Å². The monoisotopic (exact) mass is 556 g/mol. The van der Waals surface area contributed by atoms with Crippen LogP contribution in [0.5, 0.6) is 5.75 Å². The van der Waals surface area contributed by atoms with Crippen molar-refractivity contribution >= 4 is 62.4 Å². The summed E-state index contributed by atoms with van der Waals surface area (Å²) in [7, 11) is -2.97. The Kier molecular flexibility index (Phi) is 6.66. The van der Waals surface area contributed by atoms with Crippen LogP contribution in [-0.4, -0.2) is 24.4 Å². The Hall–Kier alpha value is -5.32. The van der Waals surface area contributed by atoms with E-state index >= 15 is 0 Å². The van der Waals surface area contributed by atoms with Gasteiger partial charge in [0, 0.05) is 23.4 Å². The maximum absolute atomic E-state index is 12.4. The minimum absolute atomic E-state index is 0.258. The van der Waals surface area contributed by atoms with E-state index < -0.39 is 8.07 Å². The van der Waals surface area contributed by atoms with E-state index in [0.717, 1.165) is 32.5 Å². The highest BCUT2D eigenvalue weighted by Crippen LogP contribution is 2.29. The largest absolute Gasteiger partial charge is 0.507 e. The molecular weight excluding hydrogens is 529 g/mol. The highest BCUT2D eigenvalue weighted by Gasteiger charge is 2.43. The van der Waals surface area contributed by atoms with E-state index in [1.807, 2.05) is 42.6 Å². The zero-order valence-corrected chi connectivity index (χ0v) is 23.9. The topological polar surface area (TPSA) is 45.5 Å². The van der Waals surface area contributed by atoms with Crippen LogP contribution in [-0.2, 0) is 0 Å². The van der Waals surface area contributed by atoms with E-state index in [1.54, 1.807) is 6.20 Å². The van der Waals surface area contributed by atoms with Gasteiger partial charge in [0.15, 0.2) is 8.07 Å². The Morgan fingerprint density at radius 2 is 1.12 bits per heavy atom. The van der Waals surface area contributed by atoms with Crippen molar-refractivity contribution in [2.75, 3.05) is 0 Å². The molecule has 0 aliphatic heterocycles. The third-order valence-electron chi connectivity index (χ3n) is 8.03. The molecule has 0 unspecified atom stereocenters. The van der Waals surface area contributed by atoms with Crippen molar-refractivity contribution < 1.29 is 5.11 Å². The predicted molar refractivity (Wildman–Crippen MR) is 178 cm³/mol. The average Bonchev–Trinajstić information content (AvgIpc) is 3.06. The standard InChI is InChI=1S/C38H28N2OSi/c41-38-34(27-40-35-24-12-15-28-16-13-25-39-37(28)35)33-23-11-10-14-29(33)26-36(38)42(30-17-4-1-5-18-30,31-19-6-2-7-20-31)32-21-8-3-9-22-32/h1-27,41H. The summed E-state index contributed by atoms with van der Waals surface area (Å²) in [6.07, 6.45) is 3.60. The fourth-order valence-corrected chi connectivity index (χ4v) is 11.0. The van der Waals surface area contributed by atoms with Crippen LogP contribution < -0.4 is 20.7 Å². The zero-order valence-electron chi connectivity index (χ0n) is 22.9. The third kappa shape index (κ3) is 4.30. The molecule has 1 aromatic heterocycles. The van der Waals surface area contributed by atoms with Gasteiger partial charge in [-0.1, -0.05) is 140 Å². The second kappa shape index (κ2) is 10.9. The molecule has 0 radical (unpaired) electrons. The Bertz CT molecular complexity index is 1940. The molecule has 0 amide bonds. The molecule has 0 aliphatic carbocycles. The number of benzene rings is 6. The molecule has 0 aliphatic rings. The first kappa shape index (κ1) is 25.6. The molecule has 0 atom stereocenters. The SMILES string of the molecule is Oc1c([Si](c2ccccc2)(c2ccccc2)c2ccccc2)cc2ccccc2c1C=Nc1cccc2cccnc12. The number of hydrogen-bond acceptors (Lipinski definition) is 3. The summed E-state index contributed by atoms with van der Waals surface area (Å²) in [5.41, 5.74) is 2.30. The van der Waals surface area contributed by atoms with Crippen LogP contribution in [0.15, 0.2) is 163 Å². The molecule has 0 fully saturated rings. The van der Waals surface area contributed by atoms with Crippen molar-refractivity contribution in [1.82, 2.24) is 4.98 Å². The van der Waals surface area contributed by atoms with Gasteiger partial charge in [0.2, 0.25) is 0 Å². The number of hydrogen-bond donors (Lipinski definition) is 1. The molecule has 7 rings (SSSR count). The van der Waals surface area contributed by atoms with E-state index in [0.29, 0.717) is 5.56 Å². The molecule has 200 valence electrons. The lowest BCUT2D eigenvalue weighted by atomic mass is 10.0. The number of aliphatic imine (C=N–C) groups is 1. The molecule has 3 nitrogen and oxygen atoms in total. The Morgan fingerprint density at radius 1 is 0.571 bits per heavy atom. The number of aromatic hydroxyl groups is 1. The van der Waals surface area contributed by atoms with Gasteiger partial charge in [0.1, 0.15) is 5.75 Å². The van der Waals surface area contributed by atoms with Crippen molar-refractivity contribution in [3.8, 4) is 5.75 Å². The quantitative estimate of drug-likeness (QED) is 0.150. The number of fused-ring (bicyclic) bond motifs is 2. The Morgan fingerprint density at radius 3 is 1.76 bits per heavy atom. The normalized spacial score (nSPS) is 11.8. The van der Waals surface area contributed by atoms with Gasteiger partial charge in [-0.05, 0) is 43.7 Å². The van der Waals surface area contributed by atoms with Crippen LogP contribution in [0.1, 0.15) is 5.56 Å². The lowest BCUT2D eigenvalue weighted by Gasteiger charge is -2.35. The second-order valence-electron chi connectivity index (χ2n) is 10.4. The van der Waals surface area contributed by atoms with Gasteiger partial charge < -0.3 is 5.11 Å². The van der Waals surface area contributed by atoms with Crippen LogP contribution in [0.2, 0.25) is 0 Å². The van der Waals surface area contributed by atoms with Gasteiger partial charge in [-0.15, -0.1) is 0 Å². The summed E-state index contributed by atoms with van der Waals surface area (Å²) in [5.74, 6) is 0.258. The average molecular weight is 557 g/mol. The summed E-state index contributed by atoms with van der Waals surface area (Å²) in [4.78, 5) is 9.51. The predicted octanol–water partition coefficient (Wildman–Crippen LogP) is 6.22. The smallest absolute Gasteiger partial charge is 0.184 e. The van der Waals surface area contributed by atoms with E-state index in [9.17, 15) is 5.11 Å². The molecule has 7 aromatic rings. The Balaban J connectivity index is 1.57. The maximum atomic E-state index is 12.4. The summed E-state index contributed by atoms with van der Waals surface area (Å²) in [6.45, 7) is 0. The lowest BCUT2D eigenvalue weighted by molar-refractivity contribution is 0.479. The van der Waals surface area contributed by atoms with Gasteiger partial charge in [0.05, 0.1) is 11.2 Å². The first-order chi connectivity index (χ1) is 20.8. The molecule has 0 spiro atoms. The van der Waals surface area contributed by atoms with Crippen LogP contribution in [0.25, 0.3) is 21.7 Å². The molecular formula is C38H28N2OSi. The van der Waals surface area contributed by atoms with Crippen LogP contribution in [0, 0.1) is 0 Å². The number of para-hydroxylation sites is 1. The molecule has 6 aromatic carbocycles. The van der Waals surface area contributed by atoms with Gasteiger partial charge in [0.25, 0.3) is 0 Å². The fourth-order valence-electron chi connectivity index (χ4n) is 6.14. The third-order valence-corrected chi connectivity index (χ3v) is 12.8. The maximum Gasteiger partial charge on any atom is 0.184 e. The number of nitrogens with zero attached hydrogens (tertiary/aromatic N) is 2. The van der Waals surface area contributed by atoms with Gasteiger partial charge in [-0.2, -0.15) is 0 Å². The molecule has 0 saturated heterocycles. The summed E-state index contributed by atoms with van der Waals surface area (Å²) in [6, 6.07) is 52.3. The number of pyridine rings is 1. The summed E-state index contributed by atoms with van der Waals surface area (Å²) < 4.78 is 0. The number of aromatic nitrogens is 1. The fraction of sp³-hybridized carbons (Fsp3) is 0. The summed E-state index contributed by atoms with van der Waals surface area (Å²) >= 11 is 0. The first-order valence-corrected chi connectivity index (χ1v) is 16.1. The van der Waals surface area contributed by atoms with Crippen molar-refractivity contribution in [3.05, 3.63) is 163 Å². The van der Waals surface area contributed by atoms with Gasteiger partial charge >= 0.3 is 0 Å². The van der Waals surface area contributed by atoms with E-state index in [4.69, 9.17) is 4.99 Å². The van der Waals surface area contributed by atoms with E-state index in [2.05, 4.69) is 120 Å². The minimum atomic E-state index is -2.97. The molecule has 0 bridgehead atoms. The number of phenolic OH excluding ortho intramolecular Hbond substituents is 1. The lowest BCUT2D eigenvalue weighted by Crippen LogP contribution is -2.74. The number of rotatable bonds is 6. The van der Waals surface area contributed by atoms with Crippen LogP contribution in [0.4, 0.5) is 5.69 Å². The molecule has 1 heterocycles.